The van der Waals surface area contributed by atoms with Gasteiger partial charge in [0, 0.05) is 11.5 Å². The standard InChI is InChI=1S/C11H23NO3/c1-8(2)12(5)7-6-11(3,4)9(13)10(14)15/h8-9,13H,6-7H2,1-5H3,(H,14,15). The van der Waals surface area contributed by atoms with E-state index in [-0.39, 0.29) is 0 Å². The molecule has 0 aromatic rings. The Balaban J connectivity index is 4.20. The lowest BCUT2D eigenvalue weighted by Crippen LogP contribution is -2.39. The smallest absolute Gasteiger partial charge is 0.333 e. The van der Waals surface area contributed by atoms with Gasteiger partial charge in [-0.05, 0) is 33.9 Å². The van der Waals surface area contributed by atoms with Crippen molar-refractivity contribution in [2.45, 2.75) is 46.3 Å². The highest BCUT2D eigenvalue weighted by atomic mass is 16.4. The topological polar surface area (TPSA) is 60.8 Å². The van der Waals surface area contributed by atoms with E-state index in [0.717, 1.165) is 6.54 Å². The summed E-state index contributed by atoms with van der Waals surface area (Å²) in [6.07, 6.45) is -0.632. The Morgan fingerprint density at radius 3 is 2.20 bits per heavy atom. The maximum Gasteiger partial charge on any atom is 0.333 e. The fourth-order valence-electron chi connectivity index (χ4n) is 1.19. The van der Waals surface area contributed by atoms with Gasteiger partial charge in [-0.1, -0.05) is 13.8 Å². The molecule has 0 amide bonds. The third-order valence-corrected chi connectivity index (χ3v) is 2.96. The highest BCUT2D eigenvalue weighted by Crippen LogP contribution is 2.25. The molecule has 0 aliphatic heterocycles. The zero-order valence-corrected chi connectivity index (χ0v) is 10.3. The third kappa shape index (κ3) is 4.62. The van der Waals surface area contributed by atoms with Crippen LogP contribution in [0.4, 0.5) is 0 Å². The Labute approximate surface area is 91.9 Å². The second kappa shape index (κ2) is 5.47. The fourth-order valence-corrected chi connectivity index (χ4v) is 1.19. The quantitative estimate of drug-likeness (QED) is 0.701. The van der Waals surface area contributed by atoms with Crippen LogP contribution in [0.1, 0.15) is 34.1 Å². The number of aliphatic hydroxyl groups excluding tert-OH is 1. The Hall–Kier alpha value is -0.610. The predicted octanol–water partition coefficient (Wildman–Crippen LogP) is 1.19. The van der Waals surface area contributed by atoms with Gasteiger partial charge >= 0.3 is 5.97 Å². The lowest BCUT2D eigenvalue weighted by atomic mass is 9.83. The summed E-state index contributed by atoms with van der Waals surface area (Å²) in [5.74, 6) is -1.15. The molecule has 0 fully saturated rings. The van der Waals surface area contributed by atoms with Crippen LogP contribution in [0.25, 0.3) is 0 Å². The van der Waals surface area contributed by atoms with E-state index < -0.39 is 17.5 Å². The summed E-state index contributed by atoms with van der Waals surface area (Å²) in [4.78, 5) is 12.8. The van der Waals surface area contributed by atoms with E-state index in [2.05, 4.69) is 18.7 Å². The minimum Gasteiger partial charge on any atom is -0.479 e. The van der Waals surface area contributed by atoms with Crippen LogP contribution >= 0.6 is 0 Å². The first-order valence-electron chi connectivity index (χ1n) is 5.29. The molecule has 0 saturated heterocycles. The number of carbonyl (C=O) groups is 1. The van der Waals surface area contributed by atoms with E-state index in [0.29, 0.717) is 12.5 Å². The molecule has 4 heteroatoms. The zero-order chi connectivity index (χ0) is 12.2. The Bertz CT molecular complexity index is 214. The number of hydrogen-bond donors (Lipinski definition) is 2. The van der Waals surface area contributed by atoms with E-state index in [4.69, 9.17) is 5.11 Å². The number of rotatable bonds is 6. The first-order valence-corrected chi connectivity index (χ1v) is 5.29. The Morgan fingerprint density at radius 1 is 1.40 bits per heavy atom. The van der Waals surface area contributed by atoms with Gasteiger partial charge in [0.1, 0.15) is 0 Å². The average molecular weight is 217 g/mol. The normalized spacial score (nSPS) is 14.7. The number of nitrogens with zero attached hydrogens (tertiary/aromatic N) is 1. The molecule has 0 heterocycles. The molecule has 90 valence electrons. The molecule has 0 spiro atoms. The monoisotopic (exact) mass is 217 g/mol. The van der Waals surface area contributed by atoms with Gasteiger partial charge in [-0.3, -0.25) is 0 Å². The second-order valence-corrected chi connectivity index (χ2v) is 5.05. The molecule has 0 aliphatic carbocycles. The van der Waals surface area contributed by atoms with E-state index in [1.807, 2.05) is 7.05 Å². The van der Waals surface area contributed by atoms with E-state index in [1.165, 1.54) is 0 Å². The lowest BCUT2D eigenvalue weighted by Gasteiger charge is -2.31. The number of aliphatic carboxylic acids is 1. The van der Waals surface area contributed by atoms with Crippen LogP contribution in [0.2, 0.25) is 0 Å². The fraction of sp³-hybridized carbons (Fsp3) is 0.909. The van der Waals surface area contributed by atoms with Crippen molar-refractivity contribution >= 4 is 5.97 Å². The van der Waals surface area contributed by atoms with Gasteiger partial charge in [-0.2, -0.15) is 0 Å². The number of hydrogen-bond acceptors (Lipinski definition) is 3. The van der Waals surface area contributed by atoms with Crippen molar-refractivity contribution in [2.24, 2.45) is 5.41 Å². The molecule has 0 bridgehead atoms. The van der Waals surface area contributed by atoms with Crippen molar-refractivity contribution in [3.63, 3.8) is 0 Å². The van der Waals surface area contributed by atoms with Crippen molar-refractivity contribution in [3.05, 3.63) is 0 Å². The molecular weight excluding hydrogens is 194 g/mol. The van der Waals surface area contributed by atoms with E-state index >= 15 is 0 Å². The summed E-state index contributed by atoms with van der Waals surface area (Å²) in [5, 5.41) is 18.2. The summed E-state index contributed by atoms with van der Waals surface area (Å²) < 4.78 is 0. The largest absolute Gasteiger partial charge is 0.479 e. The number of carboxylic acid groups (broad SMARTS) is 1. The Kier molecular flexibility index (Phi) is 5.24. The predicted molar refractivity (Wildman–Crippen MR) is 59.8 cm³/mol. The molecule has 1 unspecified atom stereocenters. The molecule has 0 radical (unpaired) electrons. The minimum atomic E-state index is -1.29. The van der Waals surface area contributed by atoms with Crippen LogP contribution < -0.4 is 0 Å². The van der Waals surface area contributed by atoms with Gasteiger partial charge in [-0.25, -0.2) is 4.79 Å². The number of carboxylic acids is 1. The summed E-state index contributed by atoms with van der Waals surface area (Å²) in [6, 6.07) is 0.433. The maximum atomic E-state index is 10.7. The van der Waals surface area contributed by atoms with Crippen LogP contribution in [0.15, 0.2) is 0 Å². The van der Waals surface area contributed by atoms with Gasteiger partial charge in [0.25, 0.3) is 0 Å². The molecule has 0 aliphatic rings. The van der Waals surface area contributed by atoms with Gasteiger partial charge < -0.3 is 15.1 Å². The van der Waals surface area contributed by atoms with Crippen molar-refractivity contribution in [1.29, 1.82) is 0 Å². The van der Waals surface area contributed by atoms with Gasteiger partial charge in [0.2, 0.25) is 0 Å². The van der Waals surface area contributed by atoms with Crippen molar-refractivity contribution in [1.82, 2.24) is 4.90 Å². The summed E-state index contributed by atoms with van der Waals surface area (Å²) in [6.45, 7) is 8.51. The molecule has 4 nitrogen and oxygen atoms in total. The highest BCUT2D eigenvalue weighted by Gasteiger charge is 2.33. The first-order chi connectivity index (χ1) is 6.68. The van der Waals surface area contributed by atoms with Crippen LogP contribution in [-0.4, -0.2) is 46.8 Å². The van der Waals surface area contributed by atoms with Crippen molar-refractivity contribution < 1.29 is 15.0 Å². The molecule has 15 heavy (non-hydrogen) atoms. The van der Waals surface area contributed by atoms with Crippen LogP contribution in [0.5, 0.6) is 0 Å². The average Bonchev–Trinajstić information content (AvgIpc) is 2.12. The highest BCUT2D eigenvalue weighted by molar-refractivity contribution is 5.72. The maximum absolute atomic E-state index is 10.7. The summed E-state index contributed by atoms with van der Waals surface area (Å²) >= 11 is 0. The summed E-state index contributed by atoms with van der Waals surface area (Å²) in [5.41, 5.74) is -0.588. The molecule has 0 aromatic carbocycles. The SMILES string of the molecule is CC(C)N(C)CCC(C)(C)C(O)C(=O)O. The van der Waals surface area contributed by atoms with E-state index in [1.54, 1.807) is 13.8 Å². The molecule has 2 N–H and O–H groups in total. The molecular formula is C11H23NO3. The van der Waals surface area contributed by atoms with Gasteiger partial charge in [-0.15, -0.1) is 0 Å². The Morgan fingerprint density at radius 2 is 1.87 bits per heavy atom. The molecule has 0 aromatic heterocycles. The molecule has 0 rings (SSSR count). The van der Waals surface area contributed by atoms with E-state index in [9.17, 15) is 9.90 Å². The second-order valence-electron chi connectivity index (χ2n) is 5.05. The third-order valence-electron chi connectivity index (χ3n) is 2.96. The van der Waals surface area contributed by atoms with Crippen molar-refractivity contribution in [2.75, 3.05) is 13.6 Å². The van der Waals surface area contributed by atoms with Crippen molar-refractivity contribution in [3.8, 4) is 0 Å². The number of aliphatic hydroxyl groups is 1. The molecule has 1 atom stereocenters. The molecule has 0 saturated carbocycles. The van der Waals surface area contributed by atoms with Crippen LogP contribution in [-0.2, 0) is 4.79 Å². The summed E-state index contributed by atoms with van der Waals surface area (Å²) in [7, 11) is 1.99. The first kappa shape index (κ1) is 14.4. The van der Waals surface area contributed by atoms with Gasteiger partial charge in [0.05, 0.1) is 0 Å². The van der Waals surface area contributed by atoms with Gasteiger partial charge in [0.15, 0.2) is 6.10 Å². The van der Waals surface area contributed by atoms with Crippen LogP contribution in [0, 0.1) is 5.41 Å². The lowest BCUT2D eigenvalue weighted by molar-refractivity contribution is -0.153. The minimum absolute atomic E-state index is 0.433. The zero-order valence-electron chi connectivity index (χ0n) is 10.3. The van der Waals surface area contributed by atoms with Crippen LogP contribution in [0.3, 0.4) is 0 Å².